The van der Waals surface area contributed by atoms with Gasteiger partial charge in [0.05, 0.1) is 6.07 Å². The second-order valence-corrected chi connectivity index (χ2v) is 6.88. The maximum Gasteiger partial charge on any atom is 0.205 e. The maximum atomic E-state index is 13.2. The molecule has 2 atom stereocenters. The molecule has 0 spiro atoms. The first-order valence-electron chi connectivity index (χ1n) is 7.50. The Morgan fingerprint density at radius 2 is 1.96 bits per heavy atom. The molecule has 1 heterocycles. The number of benzene rings is 1. The van der Waals surface area contributed by atoms with Gasteiger partial charge in [0.25, 0.3) is 0 Å². The molecule has 0 amide bonds. The molecular weight excluding hydrogens is 295 g/mol. The van der Waals surface area contributed by atoms with E-state index in [2.05, 4.69) is 6.07 Å². The van der Waals surface area contributed by atoms with Crippen LogP contribution in [0.5, 0.6) is 0 Å². The van der Waals surface area contributed by atoms with E-state index in [1.807, 2.05) is 13.8 Å². The fraction of sp³-hybridized carbons (Fsp3) is 0.389. The highest BCUT2D eigenvalue weighted by molar-refractivity contribution is 6.01. The lowest BCUT2D eigenvalue weighted by Crippen LogP contribution is -2.38. The maximum absolute atomic E-state index is 13.2. The van der Waals surface area contributed by atoms with Gasteiger partial charge >= 0.3 is 0 Å². The minimum absolute atomic E-state index is 0.0571. The van der Waals surface area contributed by atoms with Gasteiger partial charge < -0.3 is 4.74 Å². The first-order valence-corrected chi connectivity index (χ1v) is 7.50. The Morgan fingerprint density at radius 1 is 1.30 bits per heavy atom. The SMILES string of the molecule is CC1(C)CC(=O)C2=C(C1)OC(=N)C(C#N)C2c1ccc(F)cc1. The molecule has 2 unspecified atom stereocenters. The molecule has 0 radical (unpaired) electrons. The number of nitrogens with zero attached hydrogens (tertiary/aromatic N) is 1. The number of nitrogens with one attached hydrogen (secondary N) is 1. The van der Waals surface area contributed by atoms with Crippen molar-refractivity contribution in [1.29, 1.82) is 10.7 Å². The average molecular weight is 312 g/mol. The van der Waals surface area contributed by atoms with Crippen molar-refractivity contribution in [1.82, 2.24) is 0 Å². The highest BCUT2D eigenvalue weighted by atomic mass is 19.1. The summed E-state index contributed by atoms with van der Waals surface area (Å²) >= 11 is 0. The Balaban J connectivity index is 2.16. The molecular formula is C18H17FN2O2. The van der Waals surface area contributed by atoms with E-state index in [0.29, 0.717) is 29.7 Å². The van der Waals surface area contributed by atoms with Crippen molar-refractivity contribution in [3.63, 3.8) is 0 Å². The van der Waals surface area contributed by atoms with Crippen molar-refractivity contribution < 1.29 is 13.9 Å². The highest BCUT2D eigenvalue weighted by Gasteiger charge is 2.46. The number of ether oxygens (including phenoxy) is 1. The summed E-state index contributed by atoms with van der Waals surface area (Å²) in [6.45, 7) is 3.95. The van der Waals surface area contributed by atoms with E-state index in [0.717, 1.165) is 0 Å². The minimum atomic E-state index is -0.871. The van der Waals surface area contributed by atoms with E-state index >= 15 is 0 Å². The normalized spacial score (nSPS) is 26.3. The largest absolute Gasteiger partial charge is 0.446 e. The number of ketones is 1. The van der Waals surface area contributed by atoms with Gasteiger partial charge in [0, 0.05) is 24.3 Å². The molecule has 3 rings (SSSR count). The summed E-state index contributed by atoms with van der Waals surface area (Å²) in [5.74, 6) is -1.54. The van der Waals surface area contributed by atoms with Gasteiger partial charge in [-0.2, -0.15) is 5.26 Å². The van der Waals surface area contributed by atoms with Crippen LogP contribution in [0.4, 0.5) is 4.39 Å². The van der Waals surface area contributed by atoms with Crippen LogP contribution < -0.4 is 0 Å². The third-order valence-corrected chi connectivity index (χ3v) is 4.41. The first kappa shape index (κ1) is 15.4. The summed E-state index contributed by atoms with van der Waals surface area (Å²) in [6.07, 6.45) is 0.921. The Bertz CT molecular complexity index is 756. The van der Waals surface area contributed by atoms with E-state index in [9.17, 15) is 14.4 Å². The van der Waals surface area contributed by atoms with E-state index in [1.165, 1.54) is 12.1 Å². The molecule has 0 aromatic heterocycles. The van der Waals surface area contributed by atoms with E-state index in [4.69, 9.17) is 10.1 Å². The molecule has 23 heavy (non-hydrogen) atoms. The number of carbonyl (C=O) groups excluding carboxylic acids is 1. The lowest BCUT2D eigenvalue weighted by Gasteiger charge is -2.39. The van der Waals surface area contributed by atoms with Gasteiger partial charge in [0.2, 0.25) is 5.90 Å². The molecule has 0 bridgehead atoms. The zero-order valence-corrected chi connectivity index (χ0v) is 13.0. The number of hydrogen-bond acceptors (Lipinski definition) is 4. The molecule has 0 saturated heterocycles. The number of carbonyl (C=O) groups is 1. The fourth-order valence-electron chi connectivity index (χ4n) is 3.39. The lowest BCUT2D eigenvalue weighted by molar-refractivity contribution is -0.119. The number of halogens is 1. The molecule has 1 aliphatic heterocycles. The van der Waals surface area contributed by atoms with Crippen LogP contribution in [-0.4, -0.2) is 11.7 Å². The smallest absolute Gasteiger partial charge is 0.205 e. The predicted octanol–water partition coefficient (Wildman–Crippen LogP) is 3.70. The van der Waals surface area contributed by atoms with Crippen molar-refractivity contribution >= 4 is 11.7 Å². The molecule has 1 N–H and O–H groups in total. The van der Waals surface area contributed by atoms with E-state index < -0.39 is 11.8 Å². The number of Topliss-reactive ketones (excluding diaryl/α,β-unsaturated/α-hetero) is 1. The fourth-order valence-corrected chi connectivity index (χ4v) is 3.39. The van der Waals surface area contributed by atoms with Crippen LogP contribution >= 0.6 is 0 Å². The van der Waals surface area contributed by atoms with Crippen LogP contribution in [0.3, 0.4) is 0 Å². The molecule has 5 heteroatoms. The van der Waals surface area contributed by atoms with E-state index in [1.54, 1.807) is 12.1 Å². The van der Waals surface area contributed by atoms with Crippen molar-refractivity contribution in [2.24, 2.45) is 11.3 Å². The van der Waals surface area contributed by atoms with Crippen molar-refractivity contribution in [2.75, 3.05) is 0 Å². The Hall–Kier alpha value is -2.48. The summed E-state index contributed by atoms with van der Waals surface area (Å²) in [6, 6.07) is 7.81. The molecule has 0 fully saturated rings. The predicted molar refractivity (Wildman–Crippen MR) is 82.1 cm³/mol. The third kappa shape index (κ3) is 2.65. The Labute approximate surface area is 134 Å². The van der Waals surface area contributed by atoms with Gasteiger partial charge in [0.15, 0.2) is 5.78 Å². The molecule has 0 saturated carbocycles. The second kappa shape index (κ2) is 5.31. The van der Waals surface area contributed by atoms with Crippen LogP contribution in [0, 0.1) is 33.9 Å². The first-order chi connectivity index (χ1) is 10.8. The molecule has 1 aromatic rings. The van der Waals surface area contributed by atoms with Gasteiger partial charge in [-0.3, -0.25) is 10.2 Å². The topological polar surface area (TPSA) is 73.9 Å². The number of nitriles is 1. The lowest BCUT2D eigenvalue weighted by atomic mass is 9.68. The minimum Gasteiger partial charge on any atom is -0.446 e. The molecule has 4 nitrogen and oxygen atoms in total. The van der Waals surface area contributed by atoms with Gasteiger partial charge in [0.1, 0.15) is 17.5 Å². The van der Waals surface area contributed by atoms with Gasteiger partial charge in [-0.25, -0.2) is 4.39 Å². The standard InChI is InChI=1S/C18H17FN2O2/c1-18(2)7-13(22)16-14(8-18)23-17(21)12(9-20)15(16)10-3-5-11(19)6-4-10/h3-6,12,15,21H,7-8H2,1-2H3. The summed E-state index contributed by atoms with van der Waals surface area (Å²) in [5.41, 5.74) is 0.897. The molecule has 1 aliphatic carbocycles. The zero-order valence-electron chi connectivity index (χ0n) is 13.0. The summed E-state index contributed by atoms with van der Waals surface area (Å²) in [4.78, 5) is 12.7. The summed E-state index contributed by atoms with van der Waals surface area (Å²) in [5, 5.41) is 17.5. The van der Waals surface area contributed by atoms with Crippen molar-refractivity contribution in [3.05, 3.63) is 47.0 Å². The third-order valence-electron chi connectivity index (χ3n) is 4.41. The van der Waals surface area contributed by atoms with Crippen molar-refractivity contribution in [3.8, 4) is 6.07 Å². The highest BCUT2D eigenvalue weighted by Crippen LogP contribution is 2.47. The molecule has 118 valence electrons. The van der Waals surface area contributed by atoms with Gasteiger partial charge in [-0.05, 0) is 23.1 Å². The average Bonchev–Trinajstić information content (AvgIpc) is 2.45. The van der Waals surface area contributed by atoms with Crippen LogP contribution in [0.1, 0.15) is 38.2 Å². The number of rotatable bonds is 1. The van der Waals surface area contributed by atoms with Crippen molar-refractivity contribution in [2.45, 2.75) is 32.6 Å². The number of hydrogen-bond donors (Lipinski definition) is 1. The van der Waals surface area contributed by atoms with Gasteiger partial charge in [-0.15, -0.1) is 0 Å². The van der Waals surface area contributed by atoms with Crippen LogP contribution in [-0.2, 0) is 9.53 Å². The van der Waals surface area contributed by atoms with Crippen LogP contribution in [0.2, 0.25) is 0 Å². The quantitative estimate of drug-likeness (QED) is 0.859. The Kier molecular flexibility index (Phi) is 3.56. The zero-order chi connectivity index (χ0) is 16.8. The van der Waals surface area contributed by atoms with Gasteiger partial charge in [-0.1, -0.05) is 26.0 Å². The number of allylic oxidation sites excluding steroid dienone is 2. The molecule has 1 aromatic carbocycles. The van der Waals surface area contributed by atoms with Crippen LogP contribution in [0.25, 0.3) is 0 Å². The second-order valence-electron chi connectivity index (χ2n) is 6.88. The van der Waals surface area contributed by atoms with Crippen LogP contribution in [0.15, 0.2) is 35.6 Å². The summed E-state index contributed by atoms with van der Waals surface area (Å²) in [7, 11) is 0. The molecule has 2 aliphatic rings. The van der Waals surface area contributed by atoms with E-state index in [-0.39, 0.29) is 22.9 Å². The monoisotopic (exact) mass is 312 g/mol. The summed E-state index contributed by atoms with van der Waals surface area (Å²) < 4.78 is 18.7. The Morgan fingerprint density at radius 3 is 2.57 bits per heavy atom.